The van der Waals surface area contributed by atoms with Crippen LogP contribution in [0.15, 0.2) is 88.6 Å². The summed E-state index contributed by atoms with van der Waals surface area (Å²) in [6, 6.07) is 13.6. The number of carbonyl (C=O) groups excluding carboxylic acids is 4. The van der Waals surface area contributed by atoms with Crippen LogP contribution in [0.3, 0.4) is 0 Å². The zero-order valence-electron chi connectivity index (χ0n) is 46.1. The first kappa shape index (κ1) is 59.6. The van der Waals surface area contributed by atoms with Gasteiger partial charge in [-0.3, -0.25) is 19.2 Å². The molecule has 3 aromatic heterocycles. The molecule has 0 saturated carbocycles. The number of likely N-dealkylation sites (tertiary alicyclic amines) is 1. The van der Waals surface area contributed by atoms with Crippen molar-refractivity contribution in [2.75, 3.05) is 115 Å². The van der Waals surface area contributed by atoms with Crippen LogP contribution < -0.4 is 32.1 Å². The largest absolute Gasteiger partial charge is 0.383 e. The van der Waals surface area contributed by atoms with E-state index in [9.17, 15) is 32.0 Å². The average molecular weight is 1200 g/mol. The fourth-order valence-electron chi connectivity index (χ4n) is 9.76. The van der Waals surface area contributed by atoms with Gasteiger partial charge in [0, 0.05) is 90.1 Å². The summed E-state index contributed by atoms with van der Waals surface area (Å²) in [4.78, 5) is 79.5. The van der Waals surface area contributed by atoms with Gasteiger partial charge in [-0.1, -0.05) is 18.2 Å². The van der Waals surface area contributed by atoms with Crippen molar-refractivity contribution in [2.45, 2.75) is 56.9 Å². The third-order valence-corrected chi connectivity index (χ3v) is 16.6. The van der Waals surface area contributed by atoms with Crippen LogP contribution in [0, 0.1) is 19.7 Å². The van der Waals surface area contributed by atoms with Crippen LogP contribution in [0.25, 0.3) is 11.0 Å². The van der Waals surface area contributed by atoms with Crippen molar-refractivity contribution < 1.29 is 32.0 Å². The van der Waals surface area contributed by atoms with Gasteiger partial charge in [0.15, 0.2) is 11.3 Å². The van der Waals surface area contributed by atoms with Crippen LogP contribution in [0.1, 0.15) is 69.3 Å². The highest BCUT2D eigenvalue weighted by Gasteiger charge is 2.30. The molecule has 1 atom stereocenters. The molecule has 0 spiro atoms. The predicted octanol–water partition coefficient (Wildman–Crippen LogP) is 5.21. The number of aromatic nitrogens is 6. The number of piperazine rings is 1. The summed E-state index contributed by atoms with van der Waals surface area (Å²) in [5.41, 5.74) is 15.8. The van der Waals surface area contributed by atoms with Crippen molar-refractivity contribution in [1.29, 1.82) is 0 Å². The molecule has 2 aliphatic heterocycles. The fourth-order valence-corrected chi connectivity index (χ4v) is 11.1. The lowest BCUT2D eigenvalue weighted by Crippen LogP contribution is -2.47. The Bertz CT molecular complexity index is 3410. The van der Waals surface area contributed by atoms with Crippen molar-refractivity contribution in [2.24, 2.45) is 5.73 Å². The van der Waals surface area contributed by atoms with Crippen LogP contribution in [-0.4, -0.2) is 179 Å². The van der Waals surface area contributed by atoms with E-state index in [2.05, 4.69) is 71.2 Å². The normalized spacial score (nSPS) is 15.4. The summed E-state index contributed by atoms with van der Waals surface area (Å²) >= 11 is 3.36. The van der Waals surface area contributed by atoms with Gasteiger partial charge in [0.25, 0.3) is 11.8 Å². The van der Waals surface area contributed by atoms with Crippen molar-refractivity contribution in [3.05, 3.63) is 118 Å². The highest BCUT2D eigenvalue weighted by Crippen LogP contribution is 2.32. The second-order valence-corrected chi connectivity index (χ2v) is 23.0. The molecule has 23 nitrogen and oxygen atoms in total. The number of likely N-dealkylation sites (N-methyl/N-ethyl adjacent to an activating group) is 2. The summed E-state index contributed by atoms with van der Waals surface area (Å²) in [5.74, 6) is -1.76. The van der Waals surface area contributed by atoms with Gasteiger partial charge in [-0.05, 0) is 141 Å². The SMILES string of the molecule is Cc1c(CC(=O)N(C)C)ccc(NC(=O)c2nn(C3CCCN(C(=O)/C=C/CN(C)CCCN4CCN(CCCNS(=O)(=O)c5ccc(Nc6ncc(Br)c(Nc7cccc(F)c7C(N)=O)n6)cc5)CC4)C3)c3ncnc(N)c23)c1C. The van der Waals surface area contributed by atoms with Crippen LogP contribution in [0.5, 0.6) is 0 Å². The molecule has 26 heteroatoms. The number of rotatable bonds is 23. The fraction of sp³-hybridized carbons (Fsp3) is 0.400. The molecule has 6 aromatic rings. The third kappa shape index (κ3) is 15.1. The van der Waals surface area contributed by atoms with Gasteiger partial charge in [0.05, 0.1) is 38.5 Å². The topological polar surface area (TPSA) is 288 Å². The van der Waals surface area contributed by atoms with E-state index in [4.69, 9.17) is 16.6 Å². The predicted molar refractivity (Wildman–Crippen MR) is 312 cm³/mol. The zero-order chi connectivity index (χ0) is 58.0. The van der Waals surface area contributed by atoms with E-state index >= 15 is 0 Å². The number of sulfonamides is 1. The molecule has 1 unspecified atom stereocenters. The Balaban J connectivity index is 0.725. The molecule has 3 aromatic carbocycles. The van der Waals surface area contributed by atoms with Gasteiger partial charge in [-0.2, -0.15) is 10.1 Å². The number of primary amides is 1. The number of nitrogens with zero attached hydrogens (tertiary/aromatic N) is 11. The molecule has 430 valence electrons. The summed E-state index contributed by atoms with van der Waals surface area (Å²) in [5, 5.41) is 14.0. The monoisotopic (exact) mass is 1190 g/mol. The summed E-state index contributed by atoms with van der Waals surface area (Å²) in [6.45, 7) is 11.9. The maximum atomic E-state index is 14.3. The third-order valence-electron chi connectivity index (χ3n) is 14.6. The average Bonchev–Trinajstić information content (AvgIpc) is 4.08. The van der Waals surface area contributed by atoms with Crippen LogP contribution in [-0.2, 0) is 26.0 Å². The van der Waals surface area contributed by atoms with E-state index in [0.29, 0.717) is 52.9 Å². The Labute approximate surface area is 478 Å². The Morgan fingerprint density at radius 1 is 0.889 bits per heavy atom. The lowest BCUT2D eigenvalue weighted by atomic mass is 9.98. The second-order valence-electron chi connectivity index (χ2n) is 20.4. The molecular weight excluding hydrogens is 1130 g/mol. The lowest BCUT2D eigenvalue weighted by molar-refractivity contribution is -0.128. The van der Waals surface area contributed by atoms with Gasteiger partial charge in [-0.25, -0.2) is 37.2 Å². The van der Waals surface area contributed by atoms with Crippen molar-refractivity contribution in [1.82, 2.24) is 58.9 Å². The highest BCUT2D eigenvalue weighted by atomic mass is 79.9. The van der Waals surface area contributed by atoms with E-state index < -0.39 is 27.7 Å². The smallest absolute Gasteiger partial charge is 0.277 e. The molecule has 8 rings (SSSR count). The van der Waals surface area contributed by atoms with Crippen molar-refractivity contribution in [3.8, 4) is 0 Å². The number of benzene rings is 3. The number of hydrogen-bond acceptors (Lipinski definition) is 17. The highest BCUT2D eigenvalue weighted by molar-refractivity contribution is 9.10. The number of anilines is 6. The zero-order valence-corrected chi connectivity index (χ0v) is 48.5. The number of piperidine rings is 1. The van der Waals surface area contributed by atoms with Gasteiger partial charge in [0.2, 0.25) is 27.8 Å². The molecule has 2 aliphatic rings. The van der Waals surface area contributed by atoms with Crippen LogP contribution in [0.2, 0.25) is 0 Å². The molecular formula is C55H69BrFN17O6S. The Morgan fingerprint density at radius 3 is 2.33 bits per heavy atom. The number of halogens is 2. The minimum atomic E-state index is -3.76. The summed E-state index contributed by atoms with van der Waals surface area (Å²) < 4.78 is 45.5. The molecule has 81 heavy (non-hydrogen) atoms. The lowest BCUT2D eigenvalue weighted by Gasteiger charge is -2.35. The van der Waals surface area contributed by atoms with E-state index in [1.54, 1.807) is 52.9 Å². The maximum absolute atomic E-state index is 14.3. The first-order valence-corrected chi connectivity index (χ1v) is 29.0. The van der Waals surface area contributed by atoms with Gasteiger partial charge in [-0.15, -0.1) is 0 Å². The number of nitrogens with one attached hydrogen (secondary N) is 4. The van der Waals surface area contributed by atoms with Gasteiger partial charge < -0.3 is 51.9 Å². The Morgan fingerprint density at radius 2 is 1.62 bits per heavy atom. The van der Waals surface area contributed by atoms with Crippen LogP contribution >= 0.6 is 15.9 Å². The summed E-state index contributed by atoms with van der Waals surface area (Å²) in [6.07, 6.45) is 9.69. The van der Waals surface area contributed by atoms with E-state index in [-0.39, 0.29) is 70.2 Å². The molecule has 0 radical (unpaired) electrons. The first-order valence-electron chi connectivity index (χ1n) is 26.7. The van der Waals surface area contributed by atoms with Crippen LogP contribution in [0.4, 0.5) is 39.0 Å². The Kier molecular flexibility index (Phi) is 19.8. The minimum absolute atomic E-state index is 0.0168. The number of carbonyl (C=O) groups is 4. The molecule has 0 bridgehead atoms. The quantitative estimate of drug-likeness (QED) is 0.0354. The standard InChI is InChI=1S/C55H69BrFN17O6S/c1-35-36(2)43(20-15-37(35)31-46(76)69(3)4)66-54(78)49-48-50(58)61-34-62-53(48)74(68-49)39-11-7-26-73(33-39)45(75)14-8-22-70(5)23-10-25-72-29-27-71(28-30-72)24-9-21-63-81(79,80)40-18-16-38(17-19-40)64-55-60-32-41(56)52(67-55)65-44-13-6-12-42(57)47(44)51(59)77/h6,8,12-20,32,34,39,63H,7,9-11,21-31,33H2,1-5H3,(H2,59,77)(H,66,78)(H2,58,61,62)(H2,60,64,65,67)/b14-8+. The Hall–Kier alpha value is -7.49. The molecule has 0 aliphatic carbocycles. The molecule has 4 amide bonds. The molecule has 2 fully saturated rings. The number of hydrogen-bond donors (Lipinski definition) is 6. The number of nitrogens with two attached hydrogens (primary N) is 2. The van der Waals surface area contributed by atoms with E-state index in [0.717, 1.165) is 87.8 Å². The van der Waals surface area contributed by atoms with Crippen molar-refractivity contribution >= 4 is 95.3 Å². The van der Waals surface area contributed by atoms with E-state index in [1.807, 2.05) is 33.0 Å². The minimum Gasteiger partial charge on any atom is -0.383 e. The van der Waals surface area contributed by atoms with Crippen molar-refractivity contribution in [3.63, 3.8) is 0 Å². The second kappa shape index (κ2) is 26.9. The molecule has 5 heterocycles. The summed E-state index contributed by atoms with van der Waals surface area (Å²) in [7, 11) is 1.72. The number of amides is 4. The first-order chi connectivity index (χ1) is 38.8. The molecule has 2 saturated heterocycles. The van der Waals surface area contributed by atoms with Gasteiger partial charge in [0.1, 0.15) is 23.8 Å². The maximum Gasteiger partial charge on any atom is 0.277 e. The molecule has 8 N–H and O–H groups in total. The van der Waals surface area contributed by atoms with E-state index in [1.165, 1.54) is 36.8 Å². The number of fused-ring (bicyclic) bond motifs is 1. The van der Waals surface area contributed by atoms with Gasteiger partial charge >= 0.3 is 0 Å². The number of nitrogen functional groups attached to an aromatic ring is 1.